The molecule has 2 aromatic rings. The Morgan fingerprint density at radius 3 is 2.77 bits per heavy atom. The van der Waals surface area contributed by atoms with E-state index in [0.29, 0.717) is 6.61 Å². The Morgan fingerprint density at radius 2 is 2.04 bits per heavy atom. The van der Waals surface area contributed by atoms with Crippen molar-refractivity contribution in [3.05, 3.63) is 51.2 Å². The summed E-state index contributed by atoms with van der Waals surface area (Å²) in [5.41, 5.74) is 3.48. The Hall–Kier alpha value is -2.05. The van der Waals surface area contributed by atoms with Crippen molar-refractivity contribution in [2.45, 2.75) is 26.4 Å². The molecule has 3 heterocycles. The number of thiophene rings is 1. The molecule has 138 valence electrons. The molecule has 1 aromatic carbocycles. The molecule has 1 aromatic heterocycles. The molecule has 2 amide bonds. The number of piperazine rings is 1. The van der Waals surface area contributed by atoms with E-state index in [9.17, 15) is 4.79 Å². The number of ether oxygens (including phenoxy) is 1. The maximum Gasteiger partial charge on any atom is 0.318 e. The van der Waals surface area contributed by atoms with E-state index in [4.69, 9.17) is 4.74 Å². The second-order valence-electron chi connectivity index (χ2n) is 7.08. The van der Waals surface area contributed by atoms with Gasteiger partial charge in [-0.05, 0) is 36.4 Å². The molecular weight excluding hydrogens is 346 g/mol. The Bertz CT molecular complexity index is 783. The molecule has 1 fully saturated rings. The topological polar surface area (TPSA) is 44.8 Å². The maximum absolute atomic E-state index is 12.7. The van der Waals surface area contributed by atoms with E-state index in [1.165, 1.54) is 16.0 Å². The van der Waals surface area contributed by atoms with Crippen LogP contribution < -0.4 is 10.1 Å². The lowest BCUT2D eigenvalue weighted by Crippen LogP contribution is -2.52. The third kappa shape index (κ3) is 3.44. The Labute approximate surface area is 158 Å². The highest BCUT2D eigenvalue weighted by molar-refractivity contribution is 7.09. The second kappa shape index (κ2) is 7.29. The number of benzene rings is 1. The van der Waals surface area contributed by atoms with Gasteiger partial charge in [-0.15, -0.1) is 11.3 Å². The number of carbonyl (C=O) groups excluding carboxylic acids is 1. The van der Waals surface area contributed by atoms with Gasteiger partial charge in [-0.2, -0.15) is 0 Å². The lowest BCUT2D eigenvalue weighted by atomic mass is 10.0. The monoisotopic (exact) mass is 371 g/mol. The zero-order chi connectivity index (χ0) is 18.1. The van der Waals surface area contributed by atoms with Crippen LogP contribution in [-0.2, 0) is 6.54 Å². The first-order valence-electron chi connectivity index (χ1n) is 9.15. The number of aryl methyl sites for hydroxylation is 1. The molecule has 26 heavy (non-hydrogen) atoms. The summed E-state index contributed by atoms with van der Waals surface area (Å²) in [5, 5.41) is 5.27. The van der Waals surface area contributed by atoms with E-state index in [0.717, 1.165) is 44.0 Å². The Kier molecular flexibility index (Phi) is 4.87. The first kappa shape index (κ1) is 17.4. The van der Waals surface area contributed by atoms with Crippen LogP contribution in [0.1, 0.15) is 27.6 Å². The highest BCUT2D eigenvalue weighted by atomic mass is 32.1. The minimum Gasteiger partial charge on any atom is -0.490 e. The van der Waals surface area contributed by atoms with Crippen LogP contribution in [0.3, 0.4) is 0 Å². The van der Waals surface area contributed by atoms with Crippen molar-refractivity contribution in [3.63, 3.8) is 0 Å². The lowest BCUT2D eigenvalue weighted by Gasteiger charge is -2.35. The summed E-state index contributed by atoms with van der Waals surface area (Å²) in [6.07, 6.45) is 0. The molecule has 4 rings (SSSR count). The van der Waals surface area contributed by atoms with Crippen molar-refractivity contribution < 1.29 is 9.53 Å². The van der Waals surface area contributed by atoms with Crippen LogP contribution in [0.25, 0.3) is 0 Å². The molecule has 6 heteroatoms. The molecule has 2 aliphatic heterocycles. The summed E-state index contributed by atoms with van der Waals surface area (Å²) < 4.78 is 5.85. The summed E-state index contributed by atoms with van der Waals surface area (Å²) in [4.78, 5) is 18.4. The fourth-order valence-corrected chi connectivity index (χ4v) is 4.37. The van der Waals surface area contributed by atoms with Crippen molar-refractivity contribution in [2.75, 3.05) is 32.8 Å². The van der Waals surface area contributed by atoms with Gasteiger partial charge in [0.05, 0.1) is 6.04 Å². The third-order valence-corrected chi connectivity index (χ3v) is 6.25. The summed E-state index contributed by atoms with van der Waals surface area (Å²) in [6, 6.07) is 8.40. The van der Waals surface area contributed by atoms with E-state index in [1.807, 2.05) is 4.90 Å². The number of carbonyl (C=O) groups is 1. The van der Waals surface area contributed by atoms with Crippen LogP contribution in [0.5, 0.6) is 5.75 Å². The molecule has 0 radical (unpaired) electrons. The number of fused-ring (bicyclic) bond motifs is 1. The van der Waals surface area contributed by atoms with Gasteiger partial charge in [0.25, 0.3) is 0 Å². The van der Waals surface area contributed by atoms with Gasteiger partial charge >= 0.3 is 6.03 Å². The molecule has 0 bridgehead atoms. The Morgan fingerprint density at radius 1 is 1.23 bits per heavy atom. The summed E-state index contributed by atoms with van der Waals surface area (Å²) in [7, 11) is 0. The highest BCUT2D eigenvalue weighted by Crippen LogP contribution is 2.36. The molecule has 2 aliphatic rings. The smallest absolute Gasteiger partial charge is 0.318 e. The quantitative estimate of drug-likeness (QED) is 0.900. The standard InChI is InChI=1S/C20H25N3O2S/c1-14-5-6-17-18(13-25-19(17)15(14)2)21-20(24)23-9-7-22(8-10-23)12-16-4-3-11-26-16/h3-6,11,18H,7-10,12-13H2,1-2H3,(H,21,24). The van der Waals surface area contributed by atoms with Gasteiger partial charge in [-0.25, -0.2) is 4.79 Å². The van der Waals surface area contributed by atoms with Crippen LogP contribution >= 0.6 is 11.3 Å². The zero-order valence-electron chi connectivity index (χ0n) is 15.3. The van der Waals surface area contributed by atoms with E-state index in [-0.39, 0.29) is 12.1 Å². The molecule has 1 unspecified atom stereocenters. The predicted octanol–water partition coefficient (Wildman–Crippen LogP) is 3.33. The molecule has 1 saturated heterocycles. The highest BCUT2D eigenvalue weighted by Gasteiger charge is 2.30. The molecule has 0 aliphatic carbocycles. The van der Waals surface area contributed by atoms with Crippen molar-refractivity contribution >= 4 is 17.4 Å². The Balaban J connectivity index is 1.32. The van der Waals surface area contributed by atoms with Gasteiger partial charge in [-0.3, -0.25) is 4.90 Å². The average molecular weight is 372 g/mol. The fraction of sp³-hybridized carbons (Fsp3) is 0.450. The minimum absolute atomic E-state index is 0.0143. The van der Waals surface area contributed by atoms with Crippen molar-refractivity contribution in [2.24, 2.45) is 0 Å². The summed E-state index contributed by atoms with van der Waals surface area (Å²) in [6.45, 7) is 9.03. The van der Waals surface area contributed by atoms with E-state index in [1.54, 1.807) is 11.3 Å². The second-order valence-corrected chi connectivity index (χ2v) is 8.11. The largest absolute Gasteiger partial charge is 0.490 e. The number of amides is 2. The van der Waals surface area contributed by atoms with Gasteiger partial charge in [0.1, 0.15) is 12.4 Å². The average Bonchev–Trinajstić information content (AvgIpc) is 3.29. The van der Waals surface area contributed by atoms with Crippen molar-refractivity contribution in [3.8, 4) is 5.75 Å². The lowest BCUT2D eigenvalue weighted by molar-refractivity contribution is 0.133. The normalized spacial score (nSPS) is 19.9. The van der Waals surface area contributed by atoms with E-state index < -0.39 is 0 Å². The van der Waals surface area contributed by atoms with E-state index in [2.05, 4.69) is 53.7 Å². The number of hydrogen-bond donors (Lipinski definition) is 1. The molecular formula is C20H25N3O2S. The minimum atomic E-state index is -0.0547. The van der Waals surface area contributed by atoms with Gasteiger partial charge in [-0.1, -0.05) is 18.2 Å². The van der Waals surface area contributed by atoms with Gasteiger partial charge in [0, 0.05) is 43.2 Å². The molecule has 1 atom stereocenters. The van der Waals surface area contributed by atoms with Gasteiger partial charge in [0.2, 0.25) is 0 Å². The van der Waals surface area contributed by atoms with Crippen LogP contribution in [0.2, 0.25) is 0 Å². The predicted molar refractivity (Wildman–Crippen MR) is 104 cm³/mol. The van der Waals surface area contributed by atoms with Crippen molar-refractivity contribution in [1.29, 1.82) is 0 Å². The first-order valence-corrected chi connectivity index (χ1v) is 10.0. The summed E-state index contributed by atoms with van der Waals surface area (Å²) in [5.74, 6) is 0.941. The molecule has 0 saturated carbocycles. The number of urea groups is 1. The molecule has 0 spiro atoms. The van der Waals surface area contributed by atoms with E-state index >= 15 is 0 Å². The number of nitrogens with one attached hydrogen (secondary N) is 1. The zero-order valence-corrected chi connectivity index (χ0v) is 16.1. The molecule has 5 nitrogen and oxygen atoms in total. The van der Waals surface area contributed by atoms with Crippen LogP contribution in [-0.4, -0.2) is 48.6 Å². The number of nitrogens with zero attached hydrogens (tertiary/aromatic N) is 2. The van der Waals surface area contributed by atoms with Crippen LogP contribution in [0.15, 0.2) is 29.6 Å². The van der Waals surface area contributed by atoms with Crippen LogP contribution in [0.4, 0.5) is 4.79 Å². The number of rotatable bonds is 3. The first-order chi connectivity index (χ1) is 12.6. The third-order valence-electron chi connectivity index (χ3n) is 5.39. The maximum atomic E-state index is 12.7. The fourth-order valence-electron chi connectivity index (χ4n) is 3.63. The molecule has 1 N–H and O–H groups in total. The van der Waals surface area contributed by atoms with Gasteiger partial charge < -0.3 is 15.0 Å². The number of hydrogen-bond acceptors (Lipinski definition) is 4. The summed E-state index contributed by atoms with van der Waals surface area (Å²) >= 11 is 1.79. The van der Waals surface area contributed by atoms with Crippen LogP contribution in [0, 0.1) is 13.8 Å². The van der Waals surface area contributed by atoms with Crippen molar-refractivity contribution in [1.82, 2.24) is 15.1 Å². The van der Waals surface area contributed by atoms with Gasteiger partial charge in [0.15, 0.2) is 0 Å². The SMILES string of the molecule is Cc1ccc2c(c1C)OCC2NC(=O)N1CCN(Cc2cccs2)CC1.